The van der Waals surface area contributed by atoms with E-state index in [2.05, 4.69) is 0 Å². The molecule has 0 aliphatic carbocycles. The van der Waals surface area contributed by atoms with E-state index in [1.807, 2.05) is 0 Å². The molecule has 3 amide bonds. The Labute approximate surface area is 108 Å². The second kappa shape index (κ2) is 5.05. The number of hydrogen-bond acceptors (Lipinski definition) is 4. The van der Waals surface area contributed by atoms with E-state index in [1.165, 1.54) is 21.6 Å². The van der Waals surface area contributed by atoms with Gasteiger partial charge in [-0.25, -0.2) is 9.59 Å². The molecule has 0 aromatic rings. The molecule has 2 fully saturated rings. The summed E-state index contributed by atoms with van der Waals surface area (Å²) in [6, 6.07) is -1.08. The minimum Gasteiger partial charge on any atom is -0.480 e. The van der Waals surface area contributed by atoms with E-state index < -0.39 is 17.9 Å². The van der Waals surface area contributed by atoms with Crippen molar-refractivity contribution in [2.24, 2.45) is 11.7 Å². The van der Waals surface area contributed by atoms with E-state index in [0.717, 1.165) is 0 Å². The average Bonchev–Trinajstić information content (AvgIpc) is 2.97. The molecule has 2 atom stereocenters. The molecular formula is C10H15N3O4S. The van der Waals surface area contributed by atoms with Crippen LogP contribution in [-0.4, -0.2) is 63.6 Å². The molecule has 0 bridgehead atoms. The summed E-state index contributed by atoms with van der Waals surface area (Å²) in [5.74, 6) is -0.913. The molecule has 2 unspecified atom stereocenters. The summed E-state index contributed by atoms with van der Waals surface area (Å²) in [4.78, 5) is 37.0. The van der Waals surface area contributed by atoms with Gasteiger partial charge in [0.05, 0.1) is 11.8 Å². The van der Waals surface area contributed by atoms with Crippen LogP contribution in [0.15, 0.2) is 0 Å². The quantitative estimate of drug-likeness (QED) is 0.697. The monoisotopic (exact) mass is 273 g/mol. The lowest BCUT2D eigenvalue weighted by atomic mass is 10.1. The third-order valence-corrected chi connectivity index (χ3v) is 4.29. The highest BCUT2D eigenvalue weighted by atomic mass is 32.2. The van der Waals surface area contributed by atoms with Crippen molar-refractivity contribution in [3.05, 3.63) is 0 Å². The highest BCUT2D eigenvalue weighted by molar-refractivity contribution is 7.99. The number of hydrogen-bond donors (Lipinski definition) is 2. The summed E-state index contributed by atoms with van der Waals surface area (Å²) < 4.78 is 0. The van der Waals surface area contributed by atoms with Crippen molar-refractivity contribution >= 4 is 29.7 Å². The van der Waals surface area contributed by atoms with Gasteiger partial charge in [-0.05, 0) is 6.42 Å². The fourth-order valence-electron chi connectivity index (χ4n) is 2.18. The van der Waals surface area contributed by atoms with Crippen molar-refractivity contribution in [1.29, 1.82) is 0 Å². The highest BCUT2D eigenvalue weighted by Gasteiger charge is 2.39. The van der Waals surface area contributed by atoms with E-state index in [1.54, 1.807) is 0 Å². The highest BCUT2D eigenvalue weighted by Crippen LogP contribution is 2.25. The first-order chi connectivity index (χ1) is 8.50. The lowest BCUT2D eigenvalue weighted by molar-refractivity contribution is -0.141. The third kappa shape index (κ3) is 2.38. The number of primary amides is 1. The van der Waals surface area contributed by atoms with Crippen molar-refractivity contribution in [1.82, 2.24) is 9.80 Å². The Bertz CT molecular complexity index is 389. The second-order valence-corrected chi connectivity index (χ2v) is 5.44. The first-order valence-electron chi connectivity index (χ1n) is 5.66. The van der Waals surface area contributed by atoms with Gasteiger partial charge in [-0.2, -0.15) is 0 Å². The number of nitrogens with zero attached hydrogens (tertiary/aromatic N) is 2. The number of aliphatic carboxylic acids is 1. The van der Waals surface area contributed by atoms with Crippen molar-refractivity contribution in [2.45, 2.75) is 12.5 Å². The molecule has 8 heteroatoms. The molecule has 100 valence electrons. The number of thioether (sulfide) groups is 1. The molecule has 2 rings (SSSR count). The molecule has 0 radical (unpaired) electrons. The van der Waals surface area contributed by atoms with Crippen LogP contribution in [0.25, 0.3) is 0 Å². The first kappa shape index (κ1) is 13.0. The summed E-state index contributed by atoms with van der Waals surface area (Å²) in [7, 11) is 0. The first-order valence-corrected chi connectivity index (χ1v) is 6.81. The molecular weight excluding hydrogens is 258 g/mol. The third-order valence-electron chi connectivity index (χ3n) is 3.27. The number of carboxylic acids is 1. The molecule has 2 aliphatic heterocycles. The summed E-state index contributed by atoms with van der Waals surface area (Å²) in [6.45, 7) is 0.752. The van der Waals surface area contributed by atoms with Crippen LogP contribution >= 0.6 is 11.8 Å². The number of likely N-dealkylation sites (tertiary alicyclic amines) is 1. The van der Waals surface area contributed by atoms with Gasteiger partial charge in [-0.1, -0.05) is 0 Å². The van der Waals surface area contributed by atoms with Crippen LogP contribution < -0.4 is 5.73 Å². The normalized spacial score (nSPS) is 27.6. The molecule has 0 saturated carbocycles. The van der Waals surface area contributed by atoms with E-state index in [-0.39, 0.29) is 11.9 Å². The standard InChI is InChI=1S/C10H15N3O4S/c11-8(14)6-1-2-12(3-6)10(17)13-5-18-4-7(13)9(15)16/h6-7H,1-5H2,(H2,11,14)(H,15,16). The summed E-state index contributed by atoms with van der Waals surface area (Å²) in [5, 5.41) is 9.02. The summed E-state index contributed by atoms with van der Waals surface area (Å²) in [6.07, 6.45) is 0.555. The van der Waals surface area contributed by atoms with Gasteiger partial charge in [-0.15, -0.1) is 11.8 Å². The number of carboxylic acid groups (broad SMARTS) is 1. The van der Waals surface area contributed by atoms with Crippen molar-refractivity contribution in [3.8, 4) is 0 Å². The maximum atomic E-state index is 12.2. The Kier molecular flexibility index (Phi) is 3.65. The van der Waals surface area contributed by atoms with Crippen LogP contribution in [-0.2, 0) is 9.59 Å². The van der Waals surface area contributed by atoms with Crippen molar-refractivity contribution < 1.29 is 19.5 Å². The van der Waals surface area contributed by atoms with E-state index in [4.69, 9.17) is 10.8 Å². The average molecular weight is 273 g/mol. The molecule has 7 nitrogen and oxygen atoms in total. The molecule has 2 aliphatic rings. The smallest absolute Gasteiger partial charge is 0.327 e. The van der Waals surface area contributed by atoms with Gasteiger partial charge in [0.1, 0.15) is 6.04 Å². The predicted octanol–water partition coefficient (Wildman–Crippen LogP) is -0.627. The Hall–Kier alpha value is -1.44. The molecule has 0 aromatic heterocycles. The molecule has 0 aromatic carbocycles. The topological polar surface area (TPSA) is 104 Å². The maximum absolute atomic E-state index is 12.2. The van der Waals surface area contributed by atoms with E-state index >= 15 is 0 Å². The maximum Gasteiger partial charge on any atom is 0.327 e. The number of carbonyl (C=O) groups excluding carboxylic acids is 2. The van der Waals surface area contributed by atoms with Crippen LogP contribution in [0.4, 0.5) is 4.79 Å². The minimum atomic E-state index is -0.987. The lowest BCUT2D eigenvalue weighted by Crippen LogP contribution is -2.48. The van der Waals surface area contributed by atoms with Gasteiger partial charge >= 0.3 is 12.0 Å². The number of urea groups is 1. The van der Waals surface area contributed by atoms with Gasteiger partial charge in [0.15, 0.2) is 0 Å². The van der Waals surface area contributed by atoms with E-state index in [9.17, 15) is 14.4 Å². The zero-order chi connectivity index (χ0) is 13.3. The Morgan fingerprint density at radius 1 is 1.33 bits per heavy atom. The van der Waals surface area contributed by atoms with Crippen LogP contribution in [0.3, 0.4) is 0 Å². The van der Waals surface area contributed by atoms with Crippen molar-refractivity contribution in [3.63, 3.8) is 0 Å². The zero-order valence-corrected chi connectivity index (χ0v) is 10.6. The van der Waals surface area contributed by atoms with Crippen LogP contribution in [0.5, 0.6) is 0 Å². The molecule has 2 heterocycles. The van der Waals surface area contributed by atoms with Gasteiger partial charge in [0, 0.05) is 18.8 Å². The Morgan fingerprint density at radius 3 is 2.61 bits per heavy atom. The largest absolute Gasteiger partial charge is 0.480 e. The van der Waals surface area contributed by atoms with E-state index in [0.29, 0.717) is 31.1 Å². The lowest BCUT2D eigenvalue weighted by Gasteiger charge is -2.26. The Morgan fingerprint density at radius 2 is 2.06 bits per heavy atom. The minimum absolute atomic E-state index is 0.293. The molecule has 18 heavy (non-hydrogen) atoms. The number of carbonyl (C=O) groups is 3. The van der Waals surface area contributed by atoms with Crippen LogP contribution in [0.2, 0.25) is 0 Å². The second-order valence-electron chi connectivity index (χ2n) is 4.44. The number of nitrogens with two attached hydrogens (primary N) is 1. The summed E-state index contributed by atoms with van der Waals surface area (Å²) in [5.41, 5.74) is 5.20. The van der Waals surface area contributed by atoms with Crippen LogP contribution in [0.1, 0.15) is 6.42 Å². The number of rotatable bonds is 2. The van der Waals surface area contributed by atoms with Crippen molar-refractivity contribution in [2.75, 3.05) is 24.7 Å². The van der Waals surface area contributed by atoms with Gasteiger partial charge in [0.2, 0.25) is 5.91 Å². The predicted molar refractivity (Wildman–Crippen MR) is 64.9 cm³/mol. The van der Waals surface area contributed by atoms with Gasteiger partial charge in [-0.3, -0.25) is 4.79 Å². The number of amides is 3. The fourth-order valence-corrected chi connectivity index (χ4v) is 3.32. The van der Waals surface area contributed by atoms with Gasteiger partial charge < -0.3 is 20.6 Å². The zero-order valence-electron chi connectivity index (χ0n) is 9.74. The fraction of sp³-hybridized carbons (Fsp3) is 0.700. The Balaban J connectivity index is 2.00. The van der Waals surface area contributed by atoms with Crippen LogP contribution in [0, 0.1) is 5.92 Å². The SMILES string of the molecule is NC(=O)C1CCN(C(=O)N2CSCC2C(=O)O)C1. The molecule has 0 spiro atoms. The summed E-state index contributed by atoms with van der Waals surface area (Å²) >= 11 is 1.42. The van der Waals surface area contributed by atoms with Gasteiger partial charge in [0.25, 0.3) is 0 Å². The molecule has 3 N–H and O–H groups in total. The molecule has 2 saturated heterocycles.